The molecule has 0 saturated carbocycles. The van der Waals surface area contributed by atoms with E-state index in [0.717, 1.165) is 39.0 Å². The molecule has 0 atom stereocenters. The van der Waals surface area contributed by atoms with Crippen LogP contribution >= 0.6 is 15.9 Å². The van der Waals surface area contributed by atoms with Gasteiger partial charge in [0.05, 0.1) is 18.9 Å². The van der Waals surface area contributed by atoms with E-state index in [1.807, 2.05) is 38.1 Å². The SMILES string of the molecule is COC(=O)c1cccc(N)c1C.Cc1ccc(-c2nc(N)nc3c(Cc4cccc(N)c4C)cnn23)o1.Cc1cccc(CBr)c1C. The van der Waals surface area contributed by atoms with Crippen LogP contribution < -0.4 is 17.2 Å². The predicted octanol–water partition coefficient (Wildman–Crippen LogP) is 7.32. The highest BCUT2D eigenvalue weighted by Crippen LogP contribution is 2.25. The lowest BCUT2D eigenvalue weighted by molar-refractivity contribution is 0.0600. The summed E-state index contributed by atoms with van der Waals surface area (Å²) >= 11 is 3.44. The molecule has 0 fully saturated rings. The van der Waals surface area contributed by atoms with Crippen LogP contribution in [0.4, 0.5) is 17.3 Å². The molecule has 0 aliphatic heterocycles. The second-order valence-corrected chi connectivity index (χ2v) is 11.6. The zero-order chi connectivity index (χ0) is 34.2. The summed E-state index contributed by atoms with van der Waals surface area (Å²) in [7, 11) is 1.35. The Morgan fingerprint density at radius 2 is 1.47 bits per heavy atom. The Bertz CT molecular complexity index is 2020. The highest BCUT2D eigenvalue weighted by molar-refractivity contribution is 9.08. The van der Waals surface area contributed by atoms with E-state index in [1.54, 1.807) is 35.8 Å². The zero-order valence-electron chi connectivity index (χ0n) is 27.5. The van der Waals surface area contributed by atoms with Gasteiger partial charge in [0.2, 0.25) is 11.8 Å². The minimum absolute atomic E-state index is 0.183. The lowest BCUT2D eigenvalue weighted by Crippen LogP contribution is -2.05. The number of nitrogens with zero attached hydrogens (tertiary/aromatic N) is 4. The average molecular weight is 699 g/mol. The molecule has 47 heavy (non-hydrogen) atoms. The summed E-state index contributed by atoms with van der Waals surface area (Å²) in [4.78, 5) is 19.8. The number of rotatable bonds is 5. The van der Waals surface area contributed by atoms with E-state index in [4.69, 9.17) is 21.6 Å². The lowest BCUT2D eigenvalue weighted by atomic mass is 10.0. The monoisotopic (exact) mass is 697 g/mol. The van der Waals surface area contributed by atoms with E-state index >= 15 is 0 Å². The third kappa shape index (κ3) is 8.17. The average Bonchev–Trinajstić information content (AvgIpc) is 3.68. The van der Waals surface area contributed by atoms with Crippen molar-refractivity contribution in [3.8, 4) is 11.6 Å². The molecule has 0 unspecified atom stereocenters. The number of fused-ring (bicyclic) bond motifs is 1. The maximum atomic E-state index is 11.1. The van der Waals surface area contributed by atoms with Gasteiger partial charge < -0.3 is 26.4 Å². The second kappa shape index (κ2) is 15.4. The molecule has 3 heterocycles. The van der Waals surface area contributed by atoms with Crippen molar-refractivity contribution in [1.82, 2.24) is 19.6 Å². The summed E-state index contributed by atoms with van der Waals surface area (Å²) in [5, 5.41) is 5.40. The minimum Gasteiger partial charge on any atom is -0.465 e. The van der Waals surface area contributed by atoms with E-state index in [9.17, 15) is 4.79 Å². The number of aromatic nitrogens is 4. The molecule has 0 amide bonds. The van der Waals surface area contributed by atoms with Gasteiger partial charge in [0.1, 0.15) is 5.76 Å². The maximum absolute atomic E-state index is 11.1. The quantitative estimate of drug-likeness (QED) is 0.0952. The van der Waals surface area contributed by atoms with Gasteiger partial charge in [-0.05, 0) is 98.3 Å². The molecule has 244 valence electrons. The Morgan fingerprint density at radius 1 is 0.809 bits per heavy atom. The molecule has 10 nitrogen and oxygen atoms in total. The van der Waals surface area contributed by atoms with Gasteiger partial charge in [0, 0.05) is 28.7 Å². The molecule has 6 rings (SSSR count). The van der Waals surface area contributed by atoms with Crippen molar-refractivity contribution >= 4 is 44.9 Å². The highest BCUT2D eigenvalue weighted by Gasteiger charge is 2.17. The Labute approximate surface area is 283 Å². The molecule has 3 aromatic heterocycles. The van der Waals surface area contributed by atoms with Crippen molar-refractivity contribution in [3.63, 3.8) is 0 Å². The summed E-state index contributed by atoms with van der Waals surface area (Å²) in [5.74, 6) is 1.77. The first kappa shape index (κ1) is 34.7. The predicted molar refractivity (Wildman–Crippen MR) is 192 cm³/mol. The summed E-state index contributed by atoms with van der Waals surface area (Å²) in [6, 6.07) is 21.2. The molecular weight excluding hydrogens is 658 g/mol. The van der Waals surface area contributed by atoms with E-state index in [1.165, 1.54) is 23.8 Å². The fourth-order valence-corrected chi connectivity index (χ4v) is 5.43. The van der Waals surface area contributed by atoms with Crippen molar-refractivity contribution in [1.29, 1.82) is 0 Å². The van der Waals surface area contributed by atoms with Crippen molar-refractivity contribution < 1.29 is 13.9 Å². The van der Waals surface area contributed by atoms with Gasteiger partial charge in [0.25, 0.3) is 0 Å². The number of methoxy groups -OCH3 is 1. The number of esters is 1. The number of halogens is 1. The van der Waals surface area contributed by atoms with Crippen molar-refractivity contribution in [2.45, 2.75) is 46.4 Å². The molecule has 0 aliphatic carbocycles. The molecule has 0 radical (unpaired) electrons. The van der Waals surface area contributed by atoms with Gasteiger partial charge in [-0.1, -0.05) is 52.3 Å². The molecule has 0 aliphatic rings. The first-order valence-electron chi connectivity index (χ1n) is 14.9. The zero-order valence-corrected chi connectivity index (χ0v) is 29.1. The van der Waals surface area contributed by atoms with Crippen LogP contribution in [-0.4, -0.2) is 32.7 Å². The van der Waals surface area contributed by atoms with E-state index in [2.05, 4.69) is 73.8 Å². The van der Waals surface area contributed by atoms with E-state index in [-0.39, 0.29) is 11.9 Å². The Balaban J connectivity index is 0.000000189. The van der Waals surface area contributed by atoms with Crippen LogP contribution in [0, 0.1) is 34.6 Å². The summed E-state index contributed by atoms with van der Waals surface area (Å²) < 4.78 is 11.9. The fraction of sp³-hybridized carbons (Fsp3) is 0.222. The molecule has 0 saturated heterocycles. The molecule has 0 bridgehead atoms. The van der Waals surface area contributed by atoms with E-state index in [0.29, 0.717) is 34.9 Å². The number of ether oxygens (including phenoxy) is 1. The smallest absolute Gasteiger partial charge is 0.338 e. The van der Waals surface area contributed by atoms with Crippen molar-refractivity contribution in [2.24, 2.45) is 0 Å². The number of furan rings is 1. The van der Waals surface area contributed by atoms with Gasteiger partial charge in [-0.3, -0.25) is 0 Å². The molecule has 0 spiro atoms. The number of carbonyl (C=O) groups is 1. The topological polar surface area (TPSA) is 161 Å². The highest BCUT2D eigenvalue weighted by atomic mass is 79.9. The number of hydrogen-bond donors (Lipinski definition) is 3. The van der Waals surface area contributed by atoms with Crippen LogP contribution in [0.5, 0.6) is 0 Å². The van der Waals surface area contributed by atoms with E-state index < -0.39 is 0 Å². The van der Waals surface area contributed by atoms with Crippen LogP contribution in [0.15, 0.2) is 77.3 Å². The summed E-state index contributed by atoms with van der Waals surface area (Å²) in [5.41, 5.74) is 28.2. The van der Waals surface area contributed by atoms with Crippen LogP contribution in [0.2, 0.25) is 0 Å². The number of nitrogen functional groups attached to an aromatic ring is 3. The van der Waals surface area contributed by atoms with Gasteiger partial charge >= 0.3 is 5.97 Å². The third-order valence-electron chi connectivity index (χ3n) is 7.93. The minimum atomic E-state index is -0.347. The first-order chi connectivity index (χ1) is 22.4. The molecule has 6 aromatic rings. The van der Waals surface area contributed by atoms with Crippen LogP contribution in [0.1, 0.15) is 55.1 Å². The van der Waals surface area contributed by atoms with Crippen LogP contribution in [0.3, 0.4) is 0 Å². The van der Waals surface area contributed by atoms with Crippen molar-refractivity contribution in [2.75, 3.05) is 24.3 Å². The molecular formula is C36H40BrN7O3. The third-order valence-corrected chi connectivity index (χ3v) is 8.53. The number of aryl methyl sites for hydroxylation is 2. The standard InChI is InChI=1S/C18H18N6O.C9H11Br.C9H11NO2/c1-10-6-7-15(25-10)17-23-18(20)22-16-13(9-21-24(16)17)8-12-4-3-5-14(19)11(12)2;1-7-4-3-5-9(6-10)8(7)2;1-6-7(9(11)12-2)4-3-5-8(6)10/h3-7,9H,8,19H2,1-2H3,(H2,20,22);3-5H,6H2,1-2H3;3-5H,10H2,1-2H3. The fourth-order valence-electron chi connectivity index (χ4n) is 4.82. The van der Waals surface area contributed by atoms with Gasteiger partial charge in [-0.2, -0.15) is 19.6 Å². The first-order valence-corrected chi connectivity index (χ1v) is 16.0. The number of nitrogens with two attached hydrogens (primary N) is 3. The Morgan fingerprint density at radius 3 is 2.11 bits per heavy atom. The summed E-state index contributed by atoms with van der Waals surface area (Å²) in [6.07, 6.45) is 2.44. The van der Waals surface area contributed by atoms with Gasteiger partial charge in [-0.15, -0.1) is 0 Å². The molecule has 3 aromatic carbocycles. The normalized spacial score (nSPS) is 10.5. The number of benzene rings is 3. The number of hydrogen-bond acceptors (Lipinski definition) is 9. The Kier molecular flexibility index (Phi) is 11.4. The van der Waals surface area contributed by atoms with Crippen molar-refractivity contribution in [3.05, 3.63) is 123 Å². The number of alkyl halides is 1. The van der Waals surface area contributed by atoms with Crippen LogP contribution in [0.25, 0.3) is 17.2 Å². The van der Waals surface area contributed by atoms with Gasteiger partial charge in [-0.25, -0.2) is 4.79 Å². The Hall–Kier alpha value is -5.16. The molecule has 11 heteroatoms. The number of anilines is 3. The van der Waals surface area contributed by atoms with Gasteiger partial charge in [0.15, 0.2) is 11.4 Å². The van der Waals surface area contributed by atoms with Crippen LogP contribution in [-0.2, 0) is 16.5 Å². The lowest BCUT2D eigenvalue weighted by Gasteiger charge is -2.08. The largest absolute Gasteiger partial charge is 0.465 e. The molecule has 6 N–H and O–H groups in total. The summed E-state index contributed by atoms with van der Waals surface area (Å²) in [6.45, 7) is 9.98. The number of carbonyl (C=O) groups excluding carboxylic acids is 1. The second-order valence-electron chi connectivity index (χ2n) is 11.0. The maximum Gasteiger partial charge on any atom is 0.338 e.